The van der Waals surface area contributed by atoms with E-state index in [4.69, 9.17) is 11.0 Å². The molecule has 2 rings (SSSR count). The van der Waals surface area contributed by atoms with Crippen LogP contribution in [0.25, 0.3) is 10.1 Å². The first kappa shape index (κ1) is 7.14. The molecule has 3 heteroatoms. The third-order valence-electron chi connectivity index (χ3n) is 1.74. The number of fused-ring (bicyclic) bond motifs is 1. The van der Waals surface area contributed by atoms with Crippen molar-refractivity contribution in [3.63, 3.8) is 0 Å². The molecule has 12 heavy (non-hydrogen) atoms. The third kappa shape index (κ3) is 0.858. The number of nitrogens with two attached hydrogens (primary N) is 1. The molecule has 2 aromatic rings. The lowest BCUT2D eigenvalue weighted by Crippen LogP contribution is -1.83. The Morgan fingerprint density at radius 3 is 2.75 bits per heavy atom. The zero-order valence-electron chi connectivity index (χ0n) is 6.24. The van der Waals surface area contributed by atoms with Gasteiger partial charge in [-0.1, -0.05) is 18.2 Å². The van der Waals surface area contributed by atoms with Gasteiger partial charge < -0.3 is 5.73 Å². The van der Waals surface area contributed by atoms with Gasteiger partial charge in [-0.25, -0.2) is 0 Å². The van der Waals surface area contributed by atoms with E-state index in [1.807, 2.05) is 24.3 Å². The van der Waals surface area contributed by atoms with Gasteiger partial charge in [-0.05, 0) is 6.07 Å². The highest BCUT2D eigenvalue weighted by molar-refractivity contribution is 7.20. The molecule has 58 valence electrons. The summed E-state index contributed by atoms with van der Waals surface area (Å²) in [6.45, 7) is 0. The van der Waals surface area contributed by atoms with E-state index in [0.29, 0.717) is 10.6 Å². The van der Waals surface area contributed by atoms with Crippen LogP contribution in [0.3, 0.4) is 0 Å². The molecule has 0 atom stereocenters. The Hall–Kier alpha value is -1.53. The van der Waals surface area contributed by atoms with Crippen molar-refractivity contribution in [2.45, 2.75) is 0 Å². The zero-order valence-corrected chi connectivity index (χ0v) is 7.06. The summed E-state index contributed by atoms with van der Waals surface area (Å²) >= 11 is 1.44. The van der Waals surface area contributed by atoms with Crippen LogP contribution < -0.4 is 5.73 Å². The highest BCUT2D eigenvalue weighted by Gasteiger charge is 2.06. The van der Waals surface area contributed by atoms with Crippen molar-refractivity contribution in [2.75, 3.05) is 5.73 Å². The molecule has 1 heterocycles. The van der Waals surface area contributed by atoms with E-state index in [2.05, 4.69) is 6.07 Å². The van der Waals surface area contributed by atoms with E-state index < -0.39 is 0 Å². The number of nitrogens with zero attached hydrogens (tertiary/aromatic N) is 1. The van der Waals surface area contributed by atoms with Gasteiger partial charge in [0.25, 0.3) is 0 Å². The lowest BCUT2D eigenvalue weighted by atomic mass is 10.2. The lowest BCUT2D eigenvalue weighted by molar-refractivity contribution is 1.52. The molecular formula is C9H6N2S. The molecule has 2 N–H and O–H groups in total. The maximum Gasteiger partial charge on any atom is 0.129 e. The molecule has 0 aliphatic carbocycles. The zero-order chi connectivity index (χ0) is 8.55. The van der Waals surface area contributed by atoms with Crippen LogP contribution in [0.15, 0.2) is 24.3 Å². The molecule has 0 unspecified atom stereocenters. The van der Waals surface area contributed by atoms with Crippen LogP contribution in [-0.4, -0.2) is 0 Å². The second kappa shape index (κ2) is 2.50. The summed E-state index contributed by atoms with van der Waals surface area (Å²) in [6.07, 6.45) is 0. The van der Waals surface area contributed by atoms with Gasteiger partial charge in [-0.3, -0.25) is 0 Å². The normalized spacial score (nSPS) is 9.92. The van der Waals surface area contributed by atoms with E-state index in [0.717, 1.165) is 10.1 Å². The predicted molar refractivity (Wildman–Crippen MR) is 51.0 cm³/mol. The third-order valence-corrected chi connectivity index (χ3v) is 2.83. The van der Waals surface area contributed by atoms with Crippen molar-refractivity contribution in [1.29, 1.82) is 5.26 Å². The van der Waals surface area contributed by atoms with Gasteiger partial charge in [-0.2, -0.15) is 5.26 Å². The lowest BCUT2D eigenvalue weighted by Gasteiger charge is -1.87. The second-order valence-corrected chi connectivity index (χ2v) is 3.51. The predicted octanol–water partition coefficient (Wildman–Crippen LogP) is 2.36. The molecule has 2 nitrogen and oxygen atoms in total. The standard InChI is InChI=1S/C9H6N2S/c10-5-8-9(11)6-3-1-2-4-7(6)12-8/h1-4H,11H2. The molecular weight excluding hydrogens is 168 g/mol. The summed E-state index contributed by atoms with van der Waals surface area (Å²) in [5.41, 5.74) is 6.35. The van der Waals surface area contributed by atoms with Crippen molar-refractivity contribution in [3.8, 4) is 6.07 Å². The first-order valence-electron chi connectivity index (χ1n) is 3.50. The highest BCUT2D eigenvalue weighted by atomic mass is 32.1. The van der Waals surface area contributed by atoms with E-state index in [1.54, 1.807) is 0 Å². The van der Waals surface area contributed by atoms with Crippen molar-refractivity contribution in [2.24, 2.45) is 0 Å². The van der Waals surface area contributed by atoms with Gasteiger partial charge >= 0.3 is 0 Å². The SMILES string of the molecule is N#Cc1sc2ccccc2c1N. The summed E-state index contributed by atoms with van der Waals surface area (Å²) in [6, 6.07) is 9.85. The minimum atomic E-state index is 0.608. The Labute approximate surface area is 73.9 Å². The summed E-state index contributed by atoms with van der Waals surface area (Å²) < 4.78 is 1.08. The number of nitriles is 1. The van der Waals surface area contributed by atoms with Crippen LogP contribution in [0.4, 0.5) is 5.69 Å². The summed E-state index contributed by atoms with van der Waals surface area (Å²) in [5.74, 6) is 0. The largest absolute Gasteiger partial charge is 0.396 e. The molecule has 0 aliphatic rings. The van der Waals surface area contributed by atoms with E-state index in [9.17, 15) is 0 Å². The average molecular weight is 174 g/mol. The maximum atomic E-state index is 8.70. The number of hydrogen-bond acceptors (Lipinski definition) is 3. The molecule has 0 saturated heterocycles. The fraction of sp³-hybridized carbons (Fsp3) is 0. The van der Waals surface area contributed by atoms with E-state index in [-0.39, 0.29) is 0 Å². The summed E-state index contributed by atoms with van der Waals surface area (Å²) in [7, 11) is 0. The Kier molecular flexibility index (Phi) is 1.49. The van der Waals surface area contributed by atoms with Gasteiger partial charge in [0.2, 0.25) is 0 Å². The minimum Gasteiger partial charge on any atom is -0.396 e. The monoisotopic (exact) mass is 174 g/mol. The van der Waals surface area contributed by atoms with Crippen molar-refractivity contribution in [1.82, 2.24) is 0 Å². The fourth-order valence-corrected chi connectivity index (χ4v) is 2.07. The van der Waals surface area contributed by atoms with Crippen LogP contribution in [-0.2, 0) is 0 Å². The van der Waals surface area contributed by atoms with Gasteiger partial charge in [0.1, 0.15) is 10.9 Å². The first-order valence-corrected chi connectivity index (χ1v) is 4.31. The minimum absolute atomic E-state index is 0.608. The van der Waals surface area contributed by atoms with E-state index in [1.165, 1.54) is 11.3 Å². The topological polar surface area (TPSA) is 49.8 Å². The van der Waals surface area contributed by atoms with Crippen LogP contribution in [0, 0.1) is 11.3 Å². The first-order chi connectivity index (χ1) is 5.83. The van der Waals surface area contributed by atoms with Crippen LogP contribution in [0.5, 0.6) is 0 Å². The highest BCUT2D eigenvalue weighted by Crippen LogP contribution is 2.32. The van der Waals surface area contributed by atoms with Crippen molar-refractivity contribution < 1.29 is 0 Å². The van der Waals surface area contributed by atoms with Crippen LogP contribution in [0.1, 0.15) is 4.88 Å². The van der Waals surface area contributed by atoms with Gasteiger partial charge in [0, 0.05) is 10.1 Å². The van der Waals surface area contributed by atoms with Crippen molar-refractivity contribution in [3.05, 3.63) is 29.1 Å². The molecule has 1 aromatic heterocycles. The summed E-state index contributed by atoms with van der Waals surface area (Å²) in [4.78, 5) is 0.608. The molecule has 0 fully saturated rings. The van der Waals surface area contributed by atoms with Gasteiger partial charge in [0.05, 0.1) is 5.69 Å². The molecule has 0 saturated carbocycles. The molecule has 1 aromatic carbocycles. The van der Waals surface area contributed by atoms with Crippen molar-refractivity contribution >= 4 is 27.1 Å². The molecule has 0 aliphatic heterocycles. The molecule has 0 spiro atoms. The second-order valence-electron chi connectivity index (χ2n) is 2.45. The Morgan fingerprint density at radius 2 is 2.08 bits per heavy atom. The quantitative estimate of drug-likeness (QED) is 0.666. The maximum absolute atomic E-state index is 8.70. The number of anilines is 1. The number of benzene rings is 1. The van der Waals surface area contributed by atoms with Crippen LogP contribution >= 0.6 is 11.3 Å². The van der Waals surface area contributed by atoms with Gasteiger partial charge in [0.15, 0.2) is 0 Å². The number of hydrogen-bond donors (Lipinski definition) is 1. The Morgan fingerprint density at radius 1 is 1.33 bits per heavy atom. The van der Waals surface area contributed by atoms with Gasteiger partial charge in [-0.15, -0.1) is 11.3 Å². The fourth-order valence-electron chi connectivity index (χ4n) is 1.15. The Bertz CT molecular complexity index is 465. The average Bonchev–Trinajstić information content (AvgIpc) is 2.44. The van der Waals surface area contributed by atoms with Crippen LogP contribution in [0.2, 0.25) is 0 Å². The number of thiophene rings is 1. The molecule has 0 bridgehead atoms. The smallest absolute Gasteiger partial charge is 0.129 e. The molecule has 0 amide bonds. The van der Waals surface area contributed by atoms with E-state index >= 15 is 0 Å². The summed E-state index contributed by atoms with van der Waals surface area (Å²) in [5, 5.41) is 9.69. The number of rotatable bonds is 0. The molecule has 0 radical (unpaired) electrons. The number of nitrogen functional groups attached to an aromatic ring is 1. The Balaban J connectivity index is 2.90.